The summed E-state index contributed by atoms with van der Waals surface area (Å²) in [5.41, 5.74) is 6.23. The van der Waals surface area contributed by atoms with E-state index >= 15 is 0 Å². The second kappa shape index (κ2) is 9.74. The van der Waals surface area contributed by atoms with Crippen molar-refractivity contribution in [3.05, 3.63) is 29.8 Å². The third kappa shape index (κ3) is 6.47. The lowest BCUT2D eigenvalue weighted by Crippen LogP contribution is -2.29. The topological polar surface area (TPSA) is 64.3 Å². The van der Waals surface area contributed by atoms with Crippen LogP contribution in [0, 0.1) is 0 Å². The first-order valence-corrected chi connectivity index (χ1v) is 5.94. The zero-order valence-electron chi connectivity index (χ0n) is 10.6. The van der Waals surface area contributed by atoms with Gasteiger partial charge in [0.25, 0.3) is 0 Å². The highest BCUT2D eigenvalue weighted by atomic mass is 35.5. The van der Waals surface area contributed by atoms with Crippen molar-refractivity contribution in [1.82, 2.24) is 5.32 Å². The molecule has 0 saturated heterocycles. The van der Waals surface area contributed by atoms with Gasteiger partial charge in [-0.05, 0) is 24.1 Å². The number of carbonyl (C=O) groups is 1. The Morgan fingerprint density at radius 1 is 1.44 bits per heavy atom. The molecule has 0 saturated carbocycles. The van der Waals surface area contributed by atoms with Crippen molar-refractivity contribution in [3.63, 3.8) is 0 Å². The van der Waals surface area contributed by atoms with Crippen LogP contribution in [-0.2, 0) is 11.3 Å². The fourth-order valence-corrected chi connectivity index (χ4v) is 1.35. The lowest BCUT2D eigenvalue weighted by molar-refractivity contribution is -0.119. The Labute approximate surface area is 114 Å². The molecule has 0 aliphatic rings. The molecule has 0 fully saturated rings. The normalized spacial score (nSPS) is 9.44. The van der Waals surface area contributed by atoms with Gasteiger partial charge >= 0.3 is 0 Å². The molecular weight excluding hydrogens is 252 g/mol. The summed E-state index contributed by atoms with van der Waals surface area (Å²) < 4.78 is 5.58. The number of nitrogens with one attached hydrogen (secondary N) is 1. The minimum Gasteiger partial charge on any atom is -0.494 e. The summed E-state index contributed by atoms with van der Waals surface area (Å²) in [7, 11) is 0. The number of hydrogen-bond donors (Lipinski definition) is 2. The lowest BCUT2D eigenvalue weighted by Gasteiger charge is -2.08. The SMILES string of the molecule is CCCCOc1cccc(CNC(=O)CN)c1.Cl. The highest BCUT2D eigenvalue weighted by Gasteiger charge is 1.99. The first kappa shape index (κ1) is 16.7. The number of carbonyl (C=O) groups excluding carboxylic acids is 1. The molecule has 0 aromatic heterocycles. The molecule has 102 valence electrons. The fourth-order valence-electron chi connectivity index (χ4n) is 1.35. The maximum Gasteiger partial charge on any atom is 0.234 e. The minimum absolute atomic E-state index is 0. The van der Waals surface area contributed by atoms with E-state index in [1.165, 1.54) is 0 Å². The smallest absolute Gasteiger partial charge is 0.234 e. The van der Waals surface area contributed by atoms with Gasteiger partial charge in [0.15, 0.2) is 0 Å². The summed E-state index contributed by atoms with van der Waals surface area (Å²) in [6.07, 6.45) is 2.17. The van der Waals surface area contributed by atoms with E-state index < -0.39 is 0 Å². The van der Waals surface area contributed by atoms with Crippen molar-refractivity contribution in [2.24, 2.45) is 5.73 Å². The Morgan fingerprint density at radius 3 is 2.89 bits per heavy atom. The summed E-state index contributed by atoms with van der Waals surface area (Å²) in [5.74, 6) is 0.695. The van der Waals surface area contributed by atoms with Crippen LogP contribution in [0.3, 0.4) is 0 Å². The molecule has 1 aromatic carbocycles. The van der Waals surface area contributed by atoms with Gasteiger partial charge in [-0.3, -0.25) is 4.79 Å². The van der Waals surface area contributed by atoms with Crippen LogP contribution in [-0.4, -0.2) is 19.1 Å². The summed E-state index contributed by atoms with van der Waals surface area (Å²) in [6.45, 7) is 3.37. The molecule has 0 aliphatic carbocycles. The maximum atomic E-state index is 11.0. The van der Waals surface area contributed by atoms with Crippen molar-refractivity contribution in [1.29, 1.82) is 0 Å². The van der Waals surface area contributed by atoms with Gasteiger partial charge in [-0.25, -0.2) is 0 Å². The van der Waals surface area contributed by atoms with Crippen molar-refractivity contribution in [3.8, 4) is 5.75 Å². The zero-order valence-corrected chi connectivity index (χ0v) is 11.5. The number of hydrogen-bond acceptors (Lipinski definition) is 3. The molecule has 1 rings (SSSR count). The molecular formula is C13H21ClN2O2. The average Bonchev–Trinajstić information content (AvgIpc) is 2.37. The summed E-state index contributed by atoms with van der Waals surface area (Å²) in [6, 6.07) is 7.73. The Balaban J connectivity index is 0.00000289. The number of rotatable bonds is 7. The van der Waals surface area contributed by atoms with Gasteiger partial charge in [0, 0.05) is 6.54 Å². The van der Waals surface area contributed by atoms with Crippen LogP contribution in [0.4, 0.5) is 0 Å². The van der Waals surface area contributed by atoms with E-state index in [1.54, 1.807) is 0 Å². The molecule has 1 amide bonds. The number of ether oxygens (including phenoxy) is 1. The highest BCUT2D eigenvalue weighted by molar-refractivity contribution is 5.85. The molecule has 0 bridgehead atoms. The third-order valence-electron chi connectivity index (χ3n) is 2.34. The van der Waals surface area contributed by atoms with Crippen LogP contribution in [0.2, 0.25) is 0 Å². The first-order chi connectivity index (χ1) is 8.26. The Morgan fingerprint density at radius 2 is 2.22 bits per heavy atom. The quantitative estimate of drug-likeness (QED) is 0.745. The summed E-state index contributed by atoms with van der Waals surface area (Å²) >= 11 is 0. The molecule has 0 aliphatic heterocycles. The monoisotopic (exact) mass is 272 g/mol. The molecule has 5 heteroatoms. The van der Waals surface area contributed by atoms with E-state index in [9.17, 15) is 4.79 Å². The number of amides is 1. The van der Waals surface area contributed by atoms with Gasteiger partial charge in [-0.15, -0.1) is 12.4 Å². The number of benzene rings is 1. The van der Waals surface area contributed by atoms with Crippen LogP contribution in [0.1, 0.15) is 25.3 Å². The van der Waals surface area contributed by atoms with E-state index in [-0.39, 0.29) is 24.9 Å². The van der Waals surface area contributed by atoms with Crippen LogP contribution < -0.4 is 15.8 Å². The molecule has 3 N–H and O–H groups in total. The number of nitrogens with two attached hydrogens (primary N) is 1. The predicted molar refractivity (Wildman–Crippen MR) is 75.0 cm³/mol. The van der Waals surface area contributed by atoms with E-state index in [4.69, 9.17) is 10.5 Å². The Bertz CT molecular complexity index is 359. The van der Waals surface area contributed by atoms with E-state index in [0.29, 0.717) is 6.54 Å². The summed E-state index contributed by atoms with van der Waals surface area (Å²) in [5, 5.41) is 2.72. The molecule has 0 unspecified atom stereocenters. The van der Waals surface area contributed by atoms with Crippen molar-refractivity contribution in [2.45, 2.75) is 26.3 Å². The third-order valence-corrected chi connectivity index (χ3v) is 2.34. The van der Waals surface area contributed by atoms with Crippen molar-refractivity contribution >= 4 is 18.3 Å². The minimum atomic E-state index is -0.151. The predicted octanol–water partition coefficient (Wildman–Crippen LogP) is 1.86. The highest BCUT2D eigenvalue weighted by Crippen LogP contribution is 2.13. The van der Waals surface area contributed by atoms with Gasteiger partial charge in [0.2, 0.25) is 5.91 Å². The van der Waals surface area contributed by atoms with Crippen LogP contribution in [0.25, 0.3) is 0 Å². The van der Waals surface area contributed by atoms with Gasteiger partial charge in [0.1, 0.15) is 5.75 Å². The molecule has 1 aromatic rings. The lowest BCUT2D eigenvalue weighted by atomic mass is 10.2. The molecule has 0 spiro atoms. The van der Waals surface area contributed by atoms with Crippen LogP contribution >= 0.6 is 12.4 Å². The van der Waals surface area contributed by atoms with E-state index in [0.717, 1.165) is 30.8 Å². The second-order valence-corrected chi connectivity index (χ2v) is 3.83. The maximum absolute atomic E-state index is 11.0. The second-order valence-electron chi connectivity index (χ2n) is 3.83. The molecule has 0 atom stereocenters. The van der Waals surface area contributed by atoms with E-state index in [2.05, 4.69) is 12.2 Å². The summed E-state index contributed by atoms with van der Waals surface area (Å²) in [4.78, 5) is 11.0. The standard InChI is InChI=1S/C13H20N2O2.ClH/c1-2-3-7-17-12-6-4-5-11(8-12)10-15-13(16)9-14;/h4-6,8H,2-3,7,9-10,14H2,1H3,(H,15,16);1H. The van der Waals surface area contributed by atoms with Crippen molar-refractivity contribution in [2.75, 3.05) is 13.2 Å². The van der Waals surface area contributed by atoms with Gasteiger partial charge < -0.3 is 15.8 Å². The van der Waals surface area contributed by atoms with E-state index in [1.807, 2.05) is 24.3 Å². The van der Waals surface area contributed by atoms with Crippen LogP contribution in [0.15, 0.2) is 24.3 Å². The Hall–Kier alpha value is -1.26. The van der Waals surface area contributed by atoms with Crippen LogP contribution in [0.5, 0.6) is 5.75 Å². The largest absolute Gasteiger partial charge is 0.494 e. The number of halogens is 1. The molecule has 0 heterocycles. The van der Waals surface area contributed by atoms with Gasteiger partial charge in [0.05, 0.1) is 13.2 Å². The first-order valence-electron chi connectivity index (χ1n) is 5.94. The zero-order chi connectivity index (χ0) is 12.5. The molecule has 4 nitrogen and oxygen atoms in total. The molecule has 0 radical (unpaired) electrons. The Kier molecular flexibility index (Phi) is 9.06. The fraction of sp³-hybridized carbons (Fsp3) is 0.462. The van der Waals surface area contributed by atoms with Gasteiger partial charge in [-0.1, -0.05) is 25.5 Å². The average molecular weight is 273 g/mol. The van der Waals surface area contributed by atoms with Gasteiger partial charge in [-0.2, -0.15) is 0 Å². The number of unbranched alkanes of at least 4 members (excludes halogenated alkanes) is 1. The van der Waals surface area contributed by atoms with Crippen molar-refractivity contribution < 1.29 is 9.53 Å². The molecule has 18 heavy (non-hydrogen) atoms.